The van der Waals surface area contributed by atoms with Gasteiger partial charge in [-0.25, -0.2) is 0 Å². The fourth-order valence-corrected chi connectivity index (χ4v) is 7.84. The van der Waals surface area contributed by atoms with Crippen LogP contribution in [0.5, 0.6) is 0 Å². The van der Waals surface area contributed by atoms with E-state index in [0.29, 0.717) is 25.2 Å². The van der Waals surface area contributed by atoms with E-state index < -0.39 is 30.2 Å². The lowest BCUT2D eigenvalue weighted by Gasteiger charge is -2.41. The molecule has 0 aromatic heterocycles. The van der Waals surface area contributed by atoms with Crippen molar-refractivity contribution < 1.29 is 28.7 Å². The van der Waals surface area contributed by atoms with Crippen LogP contribution in [0.3, 0.4) is 0 Å². The number of nitrogen functional groups attached to an aromatic ring is 1. The number of hydrogen-bond donors (Lipinski definition) is 2. The SMILES string of the molecule is CCC(C)C(C(CC(=O)N1CCC[C@H]1C(OC)C(C)C(=O)N(C)CCc1ccc(N)cc1)OC)N(C)C(=O)C(NC(=O)C(C(C)C)N(C)C)C(C)C. The molecule has 12 heteroatoms. The lowest BCUT2D eigenvalue weighted by molar-refractivity contribution is -0.149. The minimum absolute atomic E-state index is 0.00271. The van der Waals surface area contributed by atoms with E-state index in [1.807, 2.05) is 82.8 Å². The summed E-state index contributed by atoms with van der Waals surface area (Å²) in [6, 6.07) is 5.84. The molecule has 0 aliphatic carbocycles. The van der Waals surface area contributed by atoms with Gasteiger partial charge in [0.25, 0.3) is 0 Å². The molecule has 1 aromatic rings. The Morgan fingerprint density at radius 3 is 2.04 bits per heavy atom. The molecular weight excluding hydrogens is 660 g/mol. The lowest BCUT2D eigenvalue weighted by Crippen LogP contribution is -2.59. The number of methoxy groups -OCH3 is 2. The Kier molecular flexibility index (Phi) is 18.0. The molecule has 1 fully saturated rings. The molecule has 4 amide bonds. The summed E-state index contributed by atoms with van der Waals surface area (Å²) < 4.78 is 12.0. The van der Waals surface area contributed by atoms with E-state index in [9.17, 15) is 19.2 Å². The van der Waals surface area contributed by atoms with Gasteiger partial charge in [-0.05, 0) is 68.8 Å². The van der Waals surface area contributed by atoms with Gasteiger partial charge in [-0.2, -0.15) is 0 Å². The van der Waals surface area contributed by atoms with Gasteiger partial charge in [0.05, 0.1) is 42.7 Å². The molecule has 1 aliphatic rings. The van der Waals surface area contributed by atoms with Crippen LogP contribution in [0, 0.1) is 23.7 Å². The molecule has 7 unspecified atom stereocenters. The Balaban J connectivity index is 2.24. The molecular formula is C40H70N6O6. The average Bonchev–Trinajstić information content (AvgIpc) is 3.58. The van der Waals surface area contributed by atoms with Gasteiger partial charge in [-0.1, -0.05) is 67.0 Å². The molecule has 1 saturated heterocycles. The van der Waals surface area contributed by atoms with E-state index in [-0.39, 0.29) is 59.9 Å². The zero-order valence-corrected chi connectivity index (χ0v) is 34.3. The van der Waals surface area contributed by atoms with Crippen LogP contribution < -0.4 is 11.1 Å². The number of likely N-dealkylation sites (tertiary alicyclic amines) is 1. The van der Waals surface area contributed by atoms with Crippen LogP contribution in [0.1, 0.15) is 79.7 Å². The highest BCUT2D eigenvalue weighted by molar-refractivity contribution is 5.90. The Morgan fingerprint density at radius 2 is 1.54 bits per heavy atom. The first-order valence-electron chi connectivity index (χ1n) is 19.1. The van der Waals surface area contributed by atoms with Gasteiger partial charge in [-0.3, -0.25) is 24.1 Å². The van der Waals surface area contributed by atoms with Crippen molar-refractivity contribution in [2.45, 2.75) is 117 Å². The van der Waals surface area contributed by atoms with E-state index in [2.05, 4.69) is 19.2 Å². The van der Waals surface area contributed by atoms with Crippen molar-refractivity contribution in [3.8, 4) is 0 Å². The molecule has 0 bridgehead atoms. The van der Waals surface area contributed by atoms with Crippen molar-refractivity contribution in [1.29, 1.82) is 0 Å². The van der Waals surface area contributed by atoms with Crippen molar-refractivity contribution in [2.75, 3.05) is 61.2 Å². The number of rotatable bonds is 20. The molecule has 1 heterocycles. The number of likely N-dealkylation sites (N-methyl/N-ethyl adjacent to an activating group) is 3. The maximum Gasteiger partial charge on any atom is 0.245 e. The average molecular weight is 731 g/mol. The maximum absolute atomic E-state index is 14.2. The Hall–Kier alpha value is -3.22. The second-order valence-corrected chi connectivity index (χ2v) is 15.7. The van der Waals surface area contributed by atoms with Gasteiger partial charge in [0, 0.05) is 47.1 Å². The number of carbonyl (C=O) groups is 4. The summed E-state index contributed by atoms with van der Waals surface area (Å²) >= 11 is 0. The standard InChI is InChI=1S/C40H70N6O6/c1-14-27(6)36(45(11)40(50)34(25(2)3)42-38(48)35(26(4)5)43(8)9)32(51-12)24-33(47)46-22-15-16-31(46)37(52-13)28(7)39(49)44(10)23-21-29-17-19-30(41)20-18-29/h17-20,25-28,31-32,34-37H,14-16,21-24,41H2,1-13H3,(H,42,48)/t27?,28?,31-,32?,34?,35?,36?,37?/m0/s1. The molecule has 0 spiro atoms. The molecule has 52 heavy (non-hydrogen) atoms. The number of benzene rings is 1. The third kappa shape index (κ3) is 11.6. The number of nitrogens with zero attached hydrogens (tertiary/aromatic N) is 4. The Bertz CT molecular complexity index is 1280. The van der Waals surface area contributed by atoms with E-state index in [0.717, 1.165) is 24.8 Å². The molecule has 3 N–H and O–H groups in total. The van der Waals surface area contributed by atoms with Gasteiger partial charge >= 0.3 is 0 Å². The van der Waals surface area contributed by atoms with E-state index in [4.69, 9.17) is 15.2 Å². The number of hydrogen-bond acceptors (Lipinski definition) is 8. The molecule has 8 atom stereocenters. The molecule has 2 rings (SSSR count). The van der Waals surface area contributed by atoms with Crippen LogP contribution in [0.2, 0.25) is 0 Å². The second-order valence-electron chi connectivity index (χ2n) is 15.7. The van der Waals surface area contributed by atoms with Crippen molar-refractivity contribution in [1.82, 2.24) is 24.9 Å². The molecule has 1 aromatic carbocycles. The van der Waals surface area contributed by atoms with Gasteiger partial charge in [0.15, 0.2) is 0 Å². The largest absolute Gasteiger partial charge is 0.399 e. The Morgan fingerprint density at radius 1 is 0.923 bits per heavy atom. The van der Waals surface area contributed by atoms with Gasteiger partial charge in [0.2, 0.25) is 23.6 Å². The summed E-state index contributed by atoms with van der Waals surface area (Å²) in [6.45, 7) is 14.9. The number of nitrogens with one attached hydrogen (secondary N) is 1. The highest BCUT2D eigenvalue weighted by Crippen LogP contribution is 2.30. The number of anilines is 1. The van der Waals surface area contributed by atoms with Gasteiger partial charge < -0.3 is 35.2 Å². The van der Waals surface area contributed by atoms with E-state index in [1.165, 1.54) is 0 Å². The molecule has 0 saturated carbocycles. The summed E-state index contributed by atoms with van der Waals surface area (Å²) in [6.07, 6.45) is 1.97. The fourth-order valence-electron chi connectivity index (χ4n) is 7.84. The fraction of sp³-hybridized carbons (Fsp3) is 0.750. The summed E-state index contributed by atoms with van der Waals surface area (Å²) in [5.41, 5.74) is 7.62. The van der Waals surface area contributed by atoms with Crippen LogP contribution in [0.4, 0.5) is 5.69 Å². The maximum atomic E-state index is 14.2. The third-order valence-electron chi connectivity index (χ3n) is 11.0. The number of carbonyl (C=O) groups excluding carboxylic acids is 4. The van der Waals surface area contributed by atoms with E-state index in [1.54, 1.807) is 38.1 Å². The molecule has 1 aliphatic heterocycles. The zero-order valence-electron chi connectivity index (χ0n) is 34.3. The van der Waals surface area contributed by atoms with Gasteiger partial charge in [0.1, 0.15) is 6.04 Å². The van der Waals surface area contributed by atoms with Crippen LogP contribution in [0.15, 0.2) is 24.3 Å². The van der Waals surface area contributed by atoms with Crippen molar-refractivity contribution in [2.24, 2.45) is 23.7 Å². The highest BCUT2D eigenvalue weighted by atomic mass is 16.5. The van der Waals surface area contributed by atoms with Crippen LogP contribution in [-0.4, -0.2) is 135 Å². The number of nitrogens with two attached hydrogens (primary N) is 1. The summed E-state index contributed by atoms with van der Waals surface area (Å²) in [4.78, 5) is 62.6. The first kappa shape index (κ1) is 44.9. The lowest BCUT2D eigenvalue weighted by atomic mass is 9.89. The monoisotopic (exact) mass is 731 g/mol. The van der Waals surface area contributed by atoms with Crippen LogP contribution >= 0.6 is 0 Å². The number of ether oxygens (including phenoxy) is 2. The molecule has 0 radical (unpaired) electrons. The minimum atomic E-state index is -0.743. The van der Waals surface area contributed by atoms with E-state index >= 15 is 0 Å². The normalized spacial score (nSPS) is 18.8. The summed E-state index contributed by atoms with van der Waals surface area (Å²) in [5.74, 6) is -1.10. The molecule has 296 valence electrons. The summed E-state index contributed by atoms with van der Waals surface area (Å²) in [7, 11) is 10.5. The Labute approximate surface area is 314 Å². The highest BCUT2D eigenvalue weighted by Gasteiger charge is 2.43. The predicted octanol–water partition coefficient (Wildman–Crippen LogP) is 3.92. The van der Waals surface area contributed by atoms with Crippen molar-refractivity contribution in [3.05, 3.63) is 29.8 Å². The van der Waals surface area contributed by atoms with Gasteiger partial charge in [-0.15, -0.1) is 0 Å². The minimum Gasteiger partial charge on any atom is -0.399 e. The smallest absolute Gasteiger partial charge is 0.245 e. The second kappa shape index (κ2) is 20.9. The van der Waals surface area contributed by atoms with Crippen LogP contribution in [0.25, 0.3) is 0 Å². The summed E-state index contributed by atoms with van der Waals surface area (Å²) in [5, 5.41) is 3.05. The van der Waals surface area contributed by atoms with Crippen LogP contribution in [-0.2, 0) is 35.1 Å². The number of amides is 4. The predicted molar refractivity (Wildman–Crippen MR) is 207 cm³/mol. The quantitative estimate of drug-likeness (QED) is 0.193. The topological polar surface area (TPSA) is 138 Å². The first-order valence-corrected chi connectivity index (χ1v) is 19.1. The zero-order chi connectivity index (χ0) is 39.4. The van der Waals surface area contributed by atoms with Crippen molar-refractivity contribution >= 4 is 29.3 Å². The molecule has 12 nitrogen and oxygen atoms in total. The third-order valence-corrected chi connectivity index (χ3v) is 11.0. The first-order chi connectivity index (χ1) is 24.4. The van der Waals surface area contributed by atoms with Crippen molar-refractivity contribution in [3.63, 3.8) is 0 Å².